The zero-order chi connectivity index (χ0) is 13.1. The molecule has 4 heteroatoms. The van der Waals surface area contributed by atoms with Gasteiger partial charge in [-0.1, -0.05) is 12.1 Å². The van der Waals surface area contributed by atoms with E-state index in [1.54, 1.807) is 6.07 Å². The van der Waals surface area contributed by atoms with Gasteiger partial charge in [-0.15, -0.1) is 0 Å². The Balaban J connectivity index is 1.68. The summed E-state index contributed by atoms with van der Waals surface area (Å²) in [5.41, 5.74) is 1.88. The van der Waals surface area contributed by atoms with E-state index < -0.39 is 0 Å². The molecule has 104 valence electrons. The van der Waals surface area contributed by atoms with Crippen LogP contribution in [0.25, 0.3) is 0 Å². The van der Waals surface area contributed by atoms with Crippen LogP contribution in [-0.4, -0.2) is 37.7 Å². The Morgan fingerprint density at radius 1 is 1.32 bits per heavy atom. The molecule has 2 heterocycles. The van der Waals surface area contributed by atoms with Crippen LogP contribution in [0.5, 0.6) is 0 Å². The minimum atomic E-state index is -0.0716. The lowest BCUT2D eigenvalue weighted by Gasteiger charge is -2.26. The summed E-state index contributed by atoms with van der Waals surface area (Å²) >= 11 is 0. The molecule has 0 radical (unpaired) electrons. The molecule has 2 aliphatic heterocycles. The third-order valence-corrected chi connectivity index (χ3v) is 4.04. The molecule has 19 heavy (non-hydrogen) atoms. The molecule has 0 saturated carbocycles. The molecule has 3 rings (SSSR count). The first-order valence-electron chi connectivity index (χ1n) is 7.15. The van der Waals surface area contributed by atoms with E-state index in [4.69, 9.17) is 4.74 Å². The van der Waals surface area contributed by atoms with Crippen molar-refractivity contribution in [3.05, 3.63) is 35.1 Å². The molecule has 2 aliphatic rings. The Bertz CT molecular complexity index is 426. The first-order chi connectivity index (χ1) is 9.33. The number of benzene rings is 1. The zero-order valence-corrected chi connectivity index (χ0v) is 11.2. The molecule has 1 aromatic rings. The smallest absolute Gasteiger partial charge is 0.128 e. The van der Waals surface area contributed by atoms with Gasteiger partial charge in [-0.3, -0.25) is 4.90 Å². The Kier molecular flexibility index (Phi) is 4.11. The van der Waals surface area contributed by atoms with Crippen molar-refractivity contribution < 1.29 is 9.13 Å². The van der Waals surface area contributed by atoms with E-state index in [9.17, 15) is 4.39 Å². The average molecular weight is 264 g/mol. The average Bonchev–Trinajstić information content (AvgIpc) is 2.96. The zero-order valence-electron chi connectivity index (χ0n) is 11.2. The third-order valence-electron chi connectivity index (χ3n) is 4.04. The Morgan fingerprint density at radius 3 is 2.84 bits per heavy atom. The van der Waals surface area contributed by atoms with E-state index in [0.717, 1.165) is 50.4 Å². The Morgan fingerprint density at radius 2 is 2.16 bits per heavy atom. The number of halogens is 1. The van der Waals surface area contributed by atoms with Crippen LogP contribution in [0.3, 0.4) is 0 Å². The van der Waals surface area contributed by atoms with Gasteiger partial charge in [-0.2, -0.15) is 0 Å². The van der Waals surface area contributed by atoms with Crippen LogP contribution in [0.4, 0.5) is 4.39 Å². The number of nitrogens with one attached hydrogen (secondary N) is 1. The van der Waals surface area contributed by atoms with E-state index in [0.29, 0.717) is 12.6 Å². The molecule has 3 nitrogen and oxygen atoms in total. The highest BCUT2D eigenvalue weighted by molar-refractivity contribution is 5.27. The maximum Gasteiger partial charge on any atom is 0.128 e. The molecule has 1 atom stereocenters. The molecule has 1 aromatic carbocycles. The summed E-state index contributed by atoms with van der Waals surface area (Å²) in [6.45, 7) is 5.03. The first-order valence-corrected chi connectivity index (χ1v) is 7.15. The van der Waals surface area contributed by atoms with Crippen LogP contribution in [0.1, 0.15) is 30.0 Å². The quantitative estimate of drug-likeness (QED) is 0.904. The number of nitrogens with zero attached hydrogens (tertiary/aromatic N) is 1. The Hall–Kier alpha value is -0.970. The lowest BCUT2D eigenvalue weighted by atomic mass is 10.0. The summed E-state index contributed by atoms with van der Waals surface area (Å²) in [7, 11) is 0. The van der Waals surface area contributed by atoms with Gasteiger partial charge in [0.05, 0.1) is 13.2 Å². The van der Waals surface area contributed by atoms with Crippen LogP contribution < -0.4 is 5.32 Å². The predicted molar refractivity (Wildman–Crippen MR) is 72.5 cm³/mol. The van der Waals surface area contributed by atoms with Crippen molar-refractivity contribution in [2.75, 3.05) is 32.8 Å². The van der Waals surface area contributed by atoms with Gasteiger partial charge in [0, 0.05) is 31.2 Å². The van der Waals surface area contributed by atoms with E-state index >= 15 is 0 Å². The summed E-state index contributed by atoms with van der Waals surface area (Å²) < 4.78 is 19.5. The molecule has 0 bridgehead atoms. The van der Waals surface area contributed by atoms with E-state index in [1.165, 1.54) is 6.42 Å². The molecule has 1 unspecified atom stereocenters. The van der Waals surface area contributed by atoms with Crippen molar-refractivity contribution in [1.29, 1.82) is 0 Å². The van der Waals surface area contributed by atoms with Crippen LogP contribution in [-0.2, 0) is 11.3 Å². The van der Waals surface area contributed by atoms with Gasteiger partial charge in [-0.05, 0) is 31.0 Å². The SMILES string of the molecule is Fc1cc(C2CCCN2)ccc1CN1CCOCC1. The highest BCUT2D eigenvalue weighted by atomic mass is 19.1. The second-order valence-electron chi connectivity index (χ2n) is 5.39. The van der Waals surface area contributed by atoms with Gasteiger partial charge in [0.25, 0.3) is 0 Å². The fourth-order valence-corrected chi connectivity index (χ4v) is 2.88. The summed E-state index contributed by atoms with van der Waals surface area (Å²) in [4.78, 5) is 2.25. The number of rotatable bonds is 3. The van der Waals surface area contributed by atoms with Gasteiger partial charge < -0.3 is 10.1 Å². The van der Waals surface area contributed by atoms with Crippen molar-refractivity contribution in [3.63, 3.8) is 0 Å². The summed E-state index contributed by atoms with van der Waals surface area (Å²) in [6, 6.07) is 6.06. The van der Waals surface area contributed by atoms with Crippen LogP contribution in [0, 0.1) is 5.82 Å². The summed E-state index contributed by atoms with van der Waals surface area (Å²) in [5.74, 6) is -0.0716. The van der Waals surface area contributed by atoms with E-state index in [1.807, 2.05) is 6.07 Å². The summed E-state index contributed by atoms with van der Waals surface area (Å²) in [6.07, 6.45) is 2.30. The number of hydrogen-bond acceptors (Lipinski definition) is 3. The van der Waals surface area contributed by atoms with Gasteiger partial charge in [-0.25, -0.2) is 4.39 Å². The third kappa shape index (κ3) is 3.14. The minimum absolute atomic E-state index is 0.0716. The second-order valence-corrected chi connectivity index (χ2v) is 5.39. The van der Waals surface area contributed by atoms with E-state index in [2.05, 4.69) is 16.3 Å². The monoisotopic (exact) mass is 264 g/mol. The second kappa shape index (κ2) is 5.99. The molecular weight excluding hydrogens is 243 g/mol. The maximum absolute atomic E-state index is 14.2. The van der Waals surface area contributed by atoms with Crippen molar-refractivity contribution in [2.24, 2.45) is 0 Å². The van der Waals surface area contributed by atoms with Crippen LogP contribution in [0.2, 0.25) is 0 Å². The Labute approximate surface area is 113 Å². The van der Waals surface area contributed by atoms with Crippen molar-refractivity contribution in [1.82, 2.24) is 10.2 Å². The molecule has 1 N–H and O–H groups in total. The summed E-state index contributed by atoms with van der Waals surface area (Å²) in [5, 5.41) is 3.41. The largest absolute Gasteiger partial charge is 0.379 e. The molecule has 2 saturated heterocycles. The molecule has 2 fully saturated rings. The highest BCUT2D eigenvalue weighted by Gasteiger charge is 2.18. The normalized spacial score (nSPS) is 24.8. The number of morpholine rings is 1. The topological polar surface area (TPSA) is 24.5 Å². The lowest BCUT2D eigenvalue weighted by Crippen LogP contribution is -2.35. The molecular formula is C15H21FN2O. The maximum atomic E-state index is 14.2. The van der Waals surface area contributed by atoms with Crippen LogP contribution >= 0.6 is 0 Å². The standard InChI is InChI=1S/C15H21FN2O/c16-14-10-12(15-2-1-5-17-15)3-4-13(14)11-18-6-8-19-9-7-18/h3-4,10,15,17H,1-2,5-9,11H2. The number of hydrogen-bond donors (Lipinski definition) is 1. The van der Waals surface area contributed by atoms with Gasteiger partial charge in [0.15, 0.2) is 0 Å². The molecule has 0 amide bonds. The van der Waals surface area contributed by atoms with Crippen LogP contribution in [0.15, 0.2) is 18.2 Å². The highest BCUT2D eigenvalue weighted by Crippen LogP contribution is 2.25. The molecule has 0 aliphatic carbocycles. The fraction of sp³-hybridized carbons (Fsp3) is 0.600. The van der Waals surface area contributed by atoms with Gasteiger partial charge >= 0.3 is 0 Å². The lowest BCUT2D eigenvalue weighted by molar-refractivity contribution is 0.0337. The molecule has 0 aromatic heterocycles. The first kappa shape index (κ1) is 13.0. The van der Waals surface area contributed by atoms with Crippen molar-refractivity contribution in [3.8, 4) is 0 Å². The predicted octanol–water partition coefficient (Wildman–Crippen LogP) is 2.08. The van der Waals surface area contributed by atoms with Crippen molar-refractivity contribution in [2.45, 2.75) is 25.4 Å². The van der Waals surface area contributed by atoms with Gasteiger partial charge in [0.2, 0.25) is 0 Å². The fourth-order valence-electron chi connectivity index (χ4n) is 2.88. The minimum Gasteiger partial charge on any atom is -0.379 e. The van der Waals surface area contributed by atoms with Gasteiger partial charge in [0.1, 0.15) is 5.82 Å². The number of ether oxygens (including phenoxy) is 1. The van der Waals surface area contributed by atoms with E-state index in [-0.39, 0.29) is 5.82 Å². The van der Waals surface area contributed by atoms with Crippen molar-refractivity contribution >= 4 is 0 Å². The molecule has 0 spiro atoms.